The number of halogens is 6. The van der Waals surface area contributed by atoms with Crippen LogP contribution in [0.15, 0.2) is 24.5 Å². The van der Waals surface area contributed by atoms with Crippen LogP contribution in [0, 0.1) is 0 Å². The maximum atomic E-state index is 13.3. The summed E-state index contributed by atoms with van der Waals surface area (Å²) in [7, 11) is 0. The SMILES string of the molecule is CCCc1nn(C2=CC=CNC2C)cc1N(CCCC(F)(F)F)C(=O)CC(SC)C(F)(F)F. The van der Waals surface area contributed by atoms with E-state index in [2.05, 4.69) is 10.4 Å². The molecule has 2 atom stereocenters. The fraction of sp³-hybridized carbons (Fsp3) is 0.619. The lowest BCUT2D eigenvalue weighted by Gasteiger charge is -2.26. The second-order valence-corrected chi connectivity index (χ2v) is 8.77. The third-order valence-electron chi connectivity index (χ3n) is 5.12. The Bertz CT molecular complexity index is 862. The van der Waals surface area contributed by atoms with Gasteiger partial charge in [-0.15, -0.1) is 0 Å². The highest BCUT2D eigenvalue weighted by atomic mass is 32.2. The minimum atomic E-state index is -4.61. The van der Waals surface area contributed by atoms with Crippen LogP contribution in [0.4, 0.5) is 32.0 Å². The zero-order valence-electron chi connectivity index (χ0n) is 18.6. The van der Waals surface area contributed by atoms with E-state index in [1.807, 2.05) is 13.8 Å². The fourth-order valence-corrected chi connectivity index (χ4v) is 4.02. The molecule has 0 saturated carbocycles. The number of nitrogens with zero attached hydrogens (tertiary/aromatic N) is 3. The van der Waals surface area contributed by atoms with E-state index in [4.69, 9.17) is 0 Å². The van der Waals surface area contributed by atoms with E-state index in [1.165, 1.54) is 17.1 Å². The first-order valence-electron chi connectivity index (χ1n) is 10.6. The van der Waals surface area contributed by atoms with Crippen LogP contribution < -0.4 is 10.2 Å². The van der Waals surface area contributed by atoms with Crippen LogP contribution >= 0.6 is 11.8 Å². The third-order valence-corrected chi connectivity index (χ3v) is 6.12. The summed E-state index contributed by atoms with van der Waals surface area (Å²) in [5, 5.41) is 5.67. The number of amides is 1. The Morgan fingerprint density at radius 2 is 2.00 bits per heavy atom. The van der Waals surface area contributed by atoms with Gasteiger partial charge < -0.3 is 10.2 Å². The number of anilines is 1. The van der Waals surface area contributed by atoms with E-state index >= 15 is 0 Å². The molecule has 12 heteroatoms. The molecule has 1 aliphatic heterocycles. The van der Waals surface area contributed by atoms with Crippen molar-refractivity contribution in [2.75, 3.05) is 17.7 Å². The molecule has 0 saturated heterocycles. The zero-order chi connectivity index (χ0) is 24.8. The largest absolute Gasteiger partial charge is 0.401 e. The van der Waals surface area contributed by atoms with Crippen molar-refractivity contribution in [2.45, 2.75) is 69.6 Å². The molecule has 1 aliphatic rings. The number of dihydropyridines is 1. The van der Waals surface area contributed by atoms with Crippen molar-refractivity contribution in [2.24, 2.45) is 0 Å². The number of hydrogen-bond donors (Lipinski definition) is 1. The van der Waals surface area contributed by atoms with Crippen molar-refractivity contribution in [3.05, 3.63) is 30.2 Å². The molecule has 5 nitrogen and oxygen atoms in total. The Kier molecular flexibility index (Phi) is 9.33. The maximum Gasteiger partial charge on any atom is 0.401 e. The monoisotopic (exact) mass is 498 g/mol. The minimum absolute atomic E-state index is 0.127. The van der Waals surface area contributed by atoms with E-state index in [0.717, 1.165) is 10.6 Å². The Hall–Kier alpha value is -2.11. The lowest BCUT2D eigenvalue weighted by molar-refractivity contribution is -0.139. The average molecular weight is 499 g/mol. The predicted molar refractivity (Wildman–Crippen MR) is 118 cm³/mol. The summed E-state index contributed by atoms with van der Waals surface area (Å²) in [5.74, 6) is -0.880. The van der Waals surface area contributed by atoms with Gasteiger partial charge in [0.05, 0.1) is 29.3 Å². The minimum Gasteiger partial charge on any atom is -0.383 e. The van der Waals surface area contributed by atoms with E-state index in [9.17, 15) is 31.1 Å². The molecular weight excluding hydrogens is 470 g/mol. The standard InChI is InChI=1S/C21H28F6N4OS/c1-4-7-15-17(13-31(29-15)16-8-5-10-28-14(16)2)30(11-6-9-20(22,23)24)19(32)12-18(33-3)21(25,26)27/h5,8,10,13-14,18,28H,4,6-7,9,11-12H2,1-3H3. The van der Waals surface area contributed by atoms with Gasteiger partial charge in [-0.3, -0.25) is 4.79 Å². The molecule has 1 aromatic heterocycles. The first-order chi connectivity index (χ1) is 15.4. The van der Waals surface area contributed by atoms with E-state index in [1.54, 1.807) is 18.4 Å². The molecule has 1 N–H and O–H groups in total. The normalized spacial score (nSPS) is 17.5. The van der Waals surface area contributed by atoms with Crippen LogP contribution in [-0.2, 0) is 11.2 Å². The Morgan fingerprint density at radius 3 is 2.55 bits per heavy atom. The van der Waals surface area contributed by atoms with Gasteiger partial charge in [0, 0.05) is 19.4 Å². The molecule has 0 radical (unpaired) electrons. The Labute approximate surface area is 193 Å². The Morgan fingerprint density at radius 1 is 1.30 bits per heavy atom. The van der Waals surface area contributed by atoms with Gasteiger partial charge in [0.15, 0.2) is 0 Å². The highest BCUT2D eigenvalue weighted by Gasteiger charge is 2.41. The number of carbonyl (C=O) groups excluding carboxylic acids is 1. The molecule has 0 bridgehead atoms. The smallest absolute Gasteiger partial charge is 0.383 e. The van der Waals surface area contributed by atoms with Crippen LogP contribution in [0.3, 0.4) is 0 Å². The number of alkyl halides is 6. The van der Waals surface area contributed by atoms with E-state index < -0.39 is 42.8 Å². The second-order valence-electron chi connectivity index (χ2n) is 7.73. The van der Waals surface area contributed by atoms with Crippen molar-refractivity contribution < 1.29 is 31.1 Å². The van der Waals surface area contributed by atoms with Crippen molar-refractivity contribution in [3.8, 4) is 0 Å². The van der Waals surface area contributed by atoms with Crippen LogP contribution in [-0.4, -0.2) is 52.1 Å². The molecule has 2 unspecified atom stereocenters. The zero-order valence-corrected chi connectivity index (χ0v) is 19.4. The van der Waals surface area contributed by atoms with Gasteiger partial charge in [0.25, 0.3) is 0 Å². The van der Waals surface area contributed by atoms with Crippen LogP contribution in [0.1, 0.15) is 45.2 Å². The molecule has 0 spiro atoms. The van der Waals surface area contributed by atoms with Gasteiger partial charge in [-0.25, -0.2) is 4.68 Å². The van der Waals surface area contributed by atoms with Gasteiger partial charge >= 0.3 is 12.4 Å². The number of allylic oxidation sites excluding steroid dienone is 2. The fourth-order valence-electron chi connectivity index (χ4n) is 3.44. The van der Waals surface area contributed by atoms with E-state index in [-0.39, 0.29) is 18.3 Å². The highest BCUT2D eigenvalue weighted by Crippen LogP contribution is 2.34. The maximum absolute atomic E-state index is 13.3. The third kappa shape index (κ3) is 7.72. The number of rotatable bonds is 10. The van der Waals surface area contributed by atoms with Gasteiger partial charge in [-0.2, -0.15) is 43.2 Å². The van der Waals surface area contributed by atoms with Crippen molar-refractivity contribution >= 4 is 29.1 Å². The molecule has 0 aromatic carbocycles. The topological polar surface area (TPSA) is 50.2 Å². The summed E-state index contributed by atoms with van der Waals surface area (Å²) in [6.45, 7) is 3.40. The summed E-state index contributed by atoms with van der Waals surface area (Å²) in [5.41, 5.74) is 1.43. The summed E-state index contributed by atoms with van der Waals surface area (Å²) in [4.78, 5) is 14.0. The highest BCUT2D eigenvalue weighted by molar-refractivity contribution is 7.99. The molecule has 33 heavy (non-hydrogen) atoms. The van der Waals surface area contributed by atoms with E-state index in [0.29, 0.717) is 30.3 Å². The first kappa shape index (κ1) is 27.1. The van der Waals surface area contributed by atoms with Crippen LogP contribution in [0.5, 0.6) is 0 Å². The molecule has 0 fully saturated rings. The molecule has 2 heterocycles. The number of nitrogens with one attached hydrogen (secondary N) is 1. The number of thioether (sulfide) groups is 1. The number of carbonyl (C=O) groups is 1. The summed E-state index contributed by atoms with van der Waals surface area (Å²) >= 11 is 0.490. The number of aryl methyl sites for hydroxylation is 1. The molecular formula is C21H28F6N4OS. The molecule has 2 rings (SSSR count). The van der Waals surface area contributed by atoms with Gasteiger partial charge in [0.2, 0.25) is 5.91 Å². The molecule has 0 aliphatic carbocycles. The summed E-state index contributed by atoms with van der Waals surface area (Å²) < 4.78 is 79.5. The molecule has 186 valence electrons. The lowest BCUT2D eigenvalue weighted by atomic mass is 10.1. The van der Waals surface area contributed by atoms with Crippen molar-refractivity contribution in [3.63, 3.8) is 0 Å². The quantitative estimate of drug-likeness (QED) is 0.431. The number of aromatic nitrogens is 2. The predicted octanol–water partition coefficient (Wildman–Crippen LogP) is 5.54. The molecule has 1 aromatic rings. The Balaban J connectivity index is 2.42. The van der Waals surface area contributed by atoms with Crippen molar-refractivity contribution in [1.29, 1.82) is 0 Å². The first-order valence-corrected chi connectivity index (χ1v) is 11.8. The summed E-state index contributed by atoms with van der Waals surface area (Å²) in [6.07, 6.45) is -2.34. The van der Waals surface area contributed by atoms with Crippen LogP contribution in [0.2, 0.25) is 0 Å². The van der Waals surface area contributed by atoms with Crippen LogP contribution in [0.25, 0.3) is 5.70 Å². The summed E-state index contributed by atoms with van der Waals surface area (Å²) in [6, 6.07) is -0.127. The molecule has 1 amide bonds. The average Bonchev–Trinajstić information content (AvgIpc) is 3.11. The van der Waals surface area contributed by atoms with Gasteiger partial charge in [-0.1, -0.05) is 13.3 Å². The van der Waals surface area contributed by atoms with Gasteiger partial charge in [-0.05, 0) is 44.4 Å². The lowest BCUT2D eigenvalue weighted by Crippen LogP contribution is -2.38. The van der Waals surface area contributed by atoms with Gasteiger partial charge in [0.1, 0.15) is 5.25 Å². The second kappa shape index (κ2) is 11.3. The van der Waals surface area contributed by atoms with Crippen molar-refractivity contribution in [1.82, 2.24) is 15.1 Å². The number of hydrogen-bond acceptors (Lipinski definition) is 4.